The van der Waals surface area contributed by atoms with Gasteiger partial charge in [0.05, 0.1) is 18.4 Å². The van der Waals surface area contributed by atoms with Crippen molar-refractivity contribution in [3.63, 3.8) is 0 Å². The summed E-state index contributed by atoms with van der Waals surface area (Å²) in [5.41, 5.74) is 12.1. The lowest BCUT2D eigenvalue weighted by Crippen LogP contribution is -2.03. The highest BCUT2D eigenvalue weighted by Crippen LogP contribution is 2.40. The molecule has 4 aromatic rings. The van der Waals surface area contributed by atoms with Crippen molar-refractivity contribution in [2.45, 2.75) is 26.6 Å². The Bertz CT molecular complexity index is 1180. The Morgan fingerprint density at radius 3 is 2.68 bits per heavy atom. The van der Waals surface area contributed by atoms with Crippen molar-refractivity contribution in [1.82, 2.24) is 14.5 Å². The lowest BCUT2D eigenvalue weighted by molar-refractivity contribution is 0.0783. The standard InChI is InChI=1S/C22H20N4O2/c1-13-5-3-4-6-18(13)28-16-9-7-15(8-10-16)26-17-11-27-14(2)19(17)20-21(26)22(23)25-12-24-20/h3-10,12,14H,11H2,1-2H3,(H2,23,24,25). The summed E-state index contributed by atoms with van der Waals surface area (Å²) in [5.74, 6) is 2.09. The van der Waals surface area contributed by atoms with Crippen molar-refractivity contribution in [1.29, 1.82) is 0 Å². The molecular weight excluding hydrogens is 352 g/mol. The number of aromatic nitrogens is 3. The fraction of sp³-hybridized carbons (Fsp3) is 0.182. The van der Waals surface area contributed by atoms with Gasteiger partial charge in [-0.2, -0.15) is 0 Å². The van der Waals surface area contributed by atoms with Crippen LogP contribution < -0.4 is 10.5 Å². The Labute approximate surface area is 162 Å². The molecule has 2 N–H and O–H groups in total. The molecule has 6 heteroatoms. The molecule has 0 saturated heterocycles. The van der Waals surface area contributed by atoms with Crippen LogP contribution in [0, 0.1) is 6.92 Å². The number of nitrogen functional groups attached to an aromatic ring is 1. The molecule has 140 valence electrons. The molecule has 28 heavy (non-hydrogen) atoms. The third-order valence-corrected chi connectivity index (χ3v) is 5.20. The average Bonchev–Trinajstić information content (AvgIpc) is 3.23. The number of hydrogen-bond acceptors (Lipinski definition) is 5. The molecule has 2 aromatic heterocycles. The Balaban J connectivity index is 1.59. The zero-order valence-corrected chi connectivity index (χ0v) is 15.7. The van der Waals surface area contributed by atoms with E-state index in [0.717, 1.165) is 45.0 Å². The van der Waals surface area contributed by atoms with Crippen LogP contribution in [-0.4, -0.2) is 14.5 Å². The van der Waals surface area contributed by atoms with Crippen LogP contribution in [-0.2, 0) is 11.3 Å². The van der Waals surface area contributed by atoms with Gasteiger partial charge >= 0.3 is 0 Å². The number of ether oxygens (including phenoxy) is 2. The smallest absolute Gasteiger partial charge is 0.151 e. The maximum absolute atomic E-state index is 6.21. The number of rotatable bonds is 3. The van der Waals surface area contributed by atoms with Crippen molar-refractivity contribution >= 4 is 16.9 Å². The van der Waals surface area contributed by atoms with Gasteiger partial charge in [0.1, 0.15) is 28.9 Å². The van der Waals surface area contributed by atoms with Crippen LogP contribution in [0.2, 0.25) is 0 Å². The van der Waals surface area contributed by atoms with Crippen LogP contribution in [0.25, 0.3) is 16.7 Å². The predicted octanol–water partition coefficient (Wildman–Crippen LogP) is 4.69. The van der Waals surface area contributed by atoms with Crippen molar-refractivity contribution < 1.29 is 9.47 Å². The molecule has 2 aromatic carbocycles. The first-order valence-corrected chi connectivity index (χ1v) is 9.22. The average molecular weight is 372 g/mol. The third-order valence-electron chi connectivity index (χ3n) is 5.20. The molecular formula is C22H20N4O2. The number of para-hydroxylation sites is 1. The first-order valence-electron chi connectivity index (χ1n) is 9.22. The van der Waals surface area contributed by atoms with E-state index in [1.54, 1.807) is 0 Å². The number of aryl methyl sites for hydroxylation is 1. The molecule has 0 bridgehead atoms. The molecule has 0 fully saturated rings. The highest BCUT2D eigenvalue weighted by Gasteiger charge is 2.30. The van der Waals surface area contributed by atoms with Gasteiger partial charge in [0, 0.05) is 11.3 Å². The van der Waals surface area contributed by atoms with E-state index < -0.39 is 0 Å². The number of nitrogens with two attached hydrogens (primary N) is 1. The summed E-state index contributed by atoms with van der Waals surface area (Å²) in [6, 6.07) is 15.9. The third kappa shape index (κ3) is 2.53. The minimum atomic E-state index is -0.0169. The molecule has 1 aliphatic heterocycles. The van der Waals surface area contributed by atoms with E-state index in [-0.39, 0.29) is 6.10 Å². The molecule has 6 nitrogen and oxygen atoms in total. The Morgan fingerprint density at radius 2 is 1.89 bits per heavy atom. The monoisotopic (exact) mass is 372 g/mol. The second-order valence-corrected chi connectivity index (χ2v) is 6.97. The van der Waals surface area contributed by atoms with Gasteiger partial charge in [0.15, 0.2) is 5.82 Å². The lowest BCUT2D eigenvalue weighted by atomic mass is 10.1. The molecule has 0 radical (unpaired) electrons. The topological polar surface area (TPSA) is 75.2 Å². The highest BCUT2D eigenvalue weighted by atomic mass is 16.5. The van der Waals surface area contributed by atoms with Gasteiger partial charge < -0.3 is 19.8 Å². The molecule has 0 saturated carbocycles. The van der Waals surface area contributed by atoms with Gasteiger partial charge in [-0.15, -0.1) is 0 Å². The fourth-order valence-electron chi connectivity index (χ4n) is 3.80. The largest absolute Gasteiger partial charge is 0.457 e. The van der Waals surface area contributed by atoms with Gasteiger partial charge in [-0.1, -0.05) is 18.2 Å². The summed E-state index contributed by atoms with van der Waals surface area (Å²) in [5, 5.41) is 0. The van der Waals surface area contributed by atoms with Gasteiger partial charge in [0.25, 0.3) is 0 Å². The van der Waals surface area contributed by atoms with Crippen LogP contribution >= 0.6 is 0 Å². The van der Waals surface area contributed by atoms with E-state index >= 15 is 0 Å². The van der Waals surface area contributed by atoms with Crippen molar-refractivity contribution in [3.05, 3.63) is 71.7 Å². The van der Waals surface area contributed by atoms with Crippen LogP contribution in [0.15, 0.2) is 54.9 Å². The van der Waals surface area contributed by atoms with Gasteiger partial charge in [-0.3, -0.25) is 0 Å². The van der Waals surface area contributed by atoms with E-state index in [1.807, 2.05) is 62.4 Å². The molecule has 1 unspecified atom stereocenters. The van der Waals surface area contributed by atoms with Crippen LogP contribution in [0.4, 0.5) is 5.82 Å². The number of fused-ring (bicyclic) bond motifs is 3. The van der Waals surface area contributed by atoms with Crippen molar-refractivity contribution in [3.8, 4) is 17.2 Å². The van der Waals surface area contributed by atoms with E-state index in [4.69, 9.17) is 15.2 Å². The van der Waals surface area contributed by atoms with Gasteiger partial charge in [-0.05, 0) is 49.7 Å². The summed E-state index contributed by atoms with van der Waals surface area (Å²) in [6.07, 6.45) is 1.49. The Kier molecular flexibility index (Phi) is 3.80. The Morgan fingerprint density at radius 1 is 1.11 bits per heavy atom. The molecule has 5 rings (SSSR count). The normalized spacial score (nSPS) is 15.7. The second-order valence-electron chi connectivity index (χ2n) is 6.97. The predicted molar refractivity (Wildman–Crippen MR) is 108 cm³/mol. The maximum Gasteiger partial charge on any atom is 0.151 e. The number of anilines is 1. The highest BCUT2D eigenvalue weighted by molar-refractivity contribution is 5.91. The minimum Gasteiger partial charge on any atom is -0.457 e. The number of nitrogens with zero attached hydrogens (tertiary/aromatic N) is 3. The summed E-state index contributed by atoms with van der Waals surface area (Å²) in [7, 11) is 0. The fourth-order valence-corrected chi connectivity index (χ4v) is 3.80. The lowest BCUT2D eigenvalue weighted by Gasteiger charge is -2.12. The summed E-state index contributed by atoms with van der Waals surface area (Å²) in [4.78, 5) is 8.67. The summed E-state index contributed by atoms with van der Waals surface area (Å²) < 4.78 is 14.0. The minimum absolute atomic E-state index is 0.0169. The molecule has 1 aliphatic rings. The van der Waals surface area contributed by atoms with Crippen LogP contribution in [0.1, 0.15) is 29.8 Å². The zero-order valence-electron chi connectivity index (χ0n) is 15.7. The van der Waals surface area contributed by atoms with Crippen LogP contribution in [0.3, 0.4) is 0 Å². The molecule has 3 heterocycles. The van der Waals surface area contributed by atoms with Crippen LogP contribution in [0.5, 0.6) is 11.5 Å². The van der Waals surface area contributed by atoms with Gasteiger partial charge in [-0.25, -0.2) is 9.97 Å². The first-order chi connectivity index (χ1) is 13.6. The number of hydrogen-bond donors (Lipinski definition) is 1. The molecule has 0 amide bonds. The first kappa shape index (κ1) is 16.8. The van der Waals surface area contributed by atoms with E-state index in [2.05, 4.69) is 14.5 Å². The van der Waals surface area contributed by atoms with Crippen molar-refractivity contribution in [2.24, 2.45) is 0 Å². The molecule has 1 atom stereocenters. The summed E-state index contributed by atoms with van der Waals surface area (Å²) >= 11 is 0. The molecule has 0 aliphatic carbocycles. The second kappa shape index (κ2) is 6.35. The maximum atomic E-state index is 6.21. The summed E-state index contributed by atoms with van der Waals surface area (Å²) in [6.45, 7) is 4.59. The van der Waals surface area contributed by atoms with E-state index in [1.165, 1.54) is 6.33 Å². The van der Waals surface area contributed by atoms with Gasteiger partial charge in [0.2, 0.25) is 0 Å². The van der Waals surface area contributed by atoms with E-state index in [0.29, 0.717) is 12.4 Å². The SMILES string of the molecule is Cc1ccccc1Oc1ccc(-n2c3c(c4ncnc(N)c42)C(C)OC3)cc1. The number of benzene rings is 2. The van der Waals surface area contributed by atoms with E-state index in [9.17, 15) is 0 Å². The Hall–Kier alpha value is -3.38. The van der Waals surface area contributed by atoms with Crippen molar-refractivity contribution in [2.75, 3.05) is 5.73 Å². The quantitative estimate of drug-likeness (QED) is 0.564. The molecule has 0 spiro atoms. The zero-order chi connectivity index (χ0) is 19.3.